The van der Waals surface area contributed by atoms with Crippen molar-refractivity contribution >= 4 is 17.7 Å². The Morgan fingerprint density at radius 2 is 1.75 bits per heavy atom. The van der Waals surface area contributed by atoms with Crippen molar-refractivity contribution in [1.29, 1.82) is 0 Å². The molecular formula is C26H38O10-2. The number of aliphatic hydroxyl groups is 3. The van der Waals surface area contributed by atoms with Crippen molar-refractivity contribution in [2.75, 3.05) is 0 Å². The fourth-order valence-corrected chi connectivity index (χ4v) is 4.49. The van der Waals surface area contributed by atoms with Crippen LogP contribution in [0.2, 0.25) is 0 Å². The van der Waals surface area contributed by atoms with Gasteiger partial charge in [-0.05, 0) is 49.7 Å². The number of hydrogen-bond acceptors (Lipinski definition) is 10. The van der Waals surface area contributed by atoms with Crippen LogP contribution in [0.25, 0.3) is 0 Å². The monoisotopic (exact) mass is 510 g/mol. The Hall–Kier alpha value is -2.11. The highest BCUT2D eigenvalue weighted by molar-refractivity contribution is 5.99. The van der Waals surface area contributed by atoms with Crippen molar-refractivity contribution < 1.29 is 49.4 Å². The molecule has 0 radical (unpaired) electrons. The SMILES string of the molecule is CCCCC[C@@H](/C=C/C1=C(CCCCCCC(=O)[O-])C(=O)CC1)O[C@@H]1O[C@H](C(=O)[O-])[C@@H](O)[C@H](O)[C@H]1O. The standard InChI is InChI=1S/C26H40O10/c1-2-3-6-9-17(35-26-23(32)21(30)22(31)24(36-26)25(33)34)14-12-16-13-15-19(27)18(16)10-7-4-5-8-11-20(28)29/h12,14,17,21-24,26,30-32H,2-11,13,15H2,1H3,(H,28,29)(H,33,34)/p-2/b14-12+/t17-,21-,22-,23+,24-,26+/m0/s1. The molecule has 0 aromatic rings. The van der Waals surface area contributed by atoms with Crippen LogP contribution in [0.3, 0.4) is 0 Å². The molecule has 0 saturated carbocycles. The highest BCUT2D eigenvalue weighted by Gasteiger charge is 2.45. The lowest BCUT2D eigenvalue weighted by Crippen LogP contribution is -2.63. The van der Waals surface area contributed by atoms with Gasteiger partial charge in [0.2, 0.25) is 0 Å². The van der Waals surface area contributed by atoms with E-state index in [1.54, 1.807) is 6.08 Å². The molecule has 1 fully saturated rings. The highest BCUT2D eigenvalue weighted by Crippen LogP contribution is 2.29. The second-order valence-electron chi connectivity index (χ2n) is 9.46. The summed E-state index contributed by atoms with van der Waals surface area (Å²) in [7, 11) is 0. The van der Waals surface area contributed by atoms with Gasteiger partial charge in [-0.2, -0.15) is 0 Å². The van der Waals surface area contributed by atoms with Gasteiger partial charge >= 0.3 is 0 Å². The molecule has 1 heterocycles. The van der Waals surface area contributed by atoms with Crippen molar-refractivity contribution in [3.8, 4) is 0 Å². The molecule has 204 valence electrons. The molecule has 0 spiro atoms. The summed E-state index contributed by atoms with van der Waals surface area (Å²) in [5.41, 5.74) is 1.65. The number of carboxylic acids is 2. The van der Waals surface area contributed by atoms with Crippen molar-refractivity contribution in [3.05, 3.63) is 23.3 Å². The van der Waals surface area contributed by atoms with Crippen LogP contribution in [0.15, 0.2) is 23.3 Å². The van der Waals surface area contributed by atoms with Crippen LogP contribution in [0.1, 0.15) is 84.0 Å². The highest BCUT2D eigenvalue weighted by atomic mass is 16.7. The summed E-state index contributed by atoms with van der Waals surface area (Å²) in [6.45, 7) is 2.04. The van der Waals surface area contributed by atoms with Gasteiger partial charge in [0.05, 0.1) is 12.1 Å². The minimum Gasteiger partial charge on any atom is -0.550 e. The van der Waals surface area contributed by atoms with E-state index in [0.29, 0.717) is 32.1 Å². The molecule has 1 saturated heterocycles. The average Bonchev–Trinajstić information content (AvgIpc) is 3.18. The predicted molar refractivity (Wildman–Crippen MR) is 124 cm³/mol. The number of hydrogen-bond donors (Lipinski definition) is 3. The van der Waals surface area contributed by atoms with Gasteiger partial charge in [-0.3, -0.25) is 4.79 Å². The van der Waals surface area contributed by atoms with Gasteiger partial charge in [0.1, 0.15) is 24.4 Å². The number of aliphatic carboxylic acids is 2. The summed E-state index contributed by atoms with van der Waals surface area (Å²) in [5, 5.41) is 52.0. The lowest BCUT2D eigenvalue weighted by Gasteiger charge is -2.41. The zero-order valence-electron chi connectivity index (χ0n) is 20.8. The lowest BCUT2D eigenvalue weighted by atomic mass is 9.98. The van der Waals surface area contributed by atoms with E-state index in [0.717, 1.165) is 49.7 Å². The van der Waals surface area contributed by atoms with E-state index >= 15 is 0 Å². The zero-order valence-corrected chi connectivity index (χ0v) is 20.8. The number of allylic oxidation sites excluding steroid dienone is 3. The third kappa shape index (κ3) is 9.08. The number of carbonyl (C=O) groups excluding carboxylic acids is 3. The number of rotatable bonds is 16. The van der Waals surface area contributed by atoms with E-state index in [4.69, 9.17) is 9.47 Å². The summed E-state index contributed by atoms with van der Waals surface area (Å²) < 4.78 is 11.0. The number of carbonyl (C=O) groups is 3. The first-order chi connectivity index (χ1) is 17.1. The fourth-order valence-electron chi connectivity index (χ4n) is 4.49. The summed E-state index contributed by atoms with van der Waals surface area (Å²) >= 11 is 0. The maximum atomic E-state index is 12.4. The van der Waals surface area contributed by atoms with Crippen LogP contribution < -0.4 is 10.2 Å². The Balaban J connectivity index is 2.06. The Kier molecular flexibility index (Phi) is 12.7. The molecule has 0 aromatic heterocycles. The number of aliphatic hydroxyl groups excluding tert-OH is 3. The predicted octanol–water partition coefficient (Wildman–Crippen LogP) is -0.184. The molecule has 10 nitrogen and oxygen atoms in total. The van der Waals surface area contributed by atoms with Gasteiger partial charge in [-0.1, -0.05) is 51.2 Å². The normalized spacial score (nSPS) is 27.7. The minimum atomic E-state index is -1.85. The van der Waals surface area contributed by atoms with E-state index in [1.165, 1.54) is 0 Å². The summed E-state index contributed by atoms with van der Waals surface area (Å²) in [6.07, 6.45) is 2.15. The molecule has 2 rings (SSSR count). The molecule has 36 heavy (non-hydrogen) atoms. The fraction of sp³-hybridized carbons (Fsp3) is 0.731. The second-order valence-corrected chi connectivity index (χ2v) is 9.46. The van der Waals surface area contributed by atoms with Crippen LogP contribution in [0.4, 0.5) is 0 Å². The first kappa shape index (κ1) is 30.1. The summed E-state index contributed by atoms with van der Waals surface area (Å²) in [4.78, 5) is 34.2. The third-order valence-corrected chi connectivity index (χ3v) is 6.62. The largest absolute Gasteiger partial charge is 0.550 e. The maximum absolute atomic E-state index is 12.4. The third-order valence-electron chi connectivity index (χ3n) is 6.62. The molecule has 0 bridgehead atoms. The molecule has 6 atom stereocenters. The molecule has 2 aliphatic rings. The van der Waals surface area contributed by atoms with Crippen LogP contribution >= 0.6 is 0 Å². The molecule has 0 unspecified atom stereocenters. The van der Waals surface area contributed by atoms with Gasteiger partial charge in [-0.25, -0.2) is 0 Å². The Morgan fingerprint density at radius 1 is 1.03 bits per heavy atom. The van der Waals surface area contributed by atoms with E-state index < -0.39 is 48.7 Å². The number of ketones is 1. The summed E-state index contributed by atoms with van der Waals surface area (Å²) in [6, 6.07) is 0. The van der Waals surface area contributed by atoms with E-state index in [2.05, 4.69) is 0 Å². The second kappa shape index (κ2) is 15.2. The lowest BCUT2D eigenvalue weighted by molar-refractivity contribution is -0.351. The van der Waals surface area contributed by atoms with Crippen LogP contribution in [-0.4, -0.2) is 69.9 Å². The van der Waals surface area contributed by atoms with Crippen molar-refractivity contribution in [1.82, 2.24) is 0 Å². The number of ether oxygens (including phenoxy) is 2. The Bertz CT molecular complexity index is 805. The van der Waals surface area contributed by atoms with Gasteiger partial charge in [0, 0.05) is 12.4 Å². The molecule has 0 aromatic carbocycles. The van der Waals surface area contributed by atoms with Gasteiger partial charge in [0.25, 0.3) is 0 Å². The van der Waals surface area contributed by atoms with Crippen LogP contribution in [0.5, 0.6) is 0 Å². The van der Waals surface area contributed by atoms with Gasteiger partial charge < -0.3 is 44.6 Å². The molecule has 10 heteroatoms. The first-order valence-electron chi connectivity index (χ1n) is 12.8. The average molecular weight is 511 g/mol. The van der Waals surface area contributed by atoms with Gasteiger partial charge in [-0.15, -0.1) is 0 Å². The van der Waals surface area contributed by atoms with Gasteiger partial charge in [0.15, 0.2) is 12.1 Å². The zero-order chi connectivity index (χ0) is 26.7. The van der Waals surface area contributed by atoms with Crippen LogP contribution in [-0.2, 0) is 23.9 Å². The van der Waals surface area contributed by atoms with E-state index in [9.17, 15) is 39.9 Å². The maximum Gasteiger partial charge on any atom is 0.187 e. The molecule has 1 aliphatic heterocycles. The number of unbranched alkanes of at least 4 members (excludes halogenated alkanes) is 5. The van der Waals surface area contributed by atoms with Crippen molar-refractivity contribution in [2.45, 2.75) is 121 Å². The number of Topliss-reactive ketones (excluding diaryl/α,β-unsaturated/α-hetero) is 1. The Morgan fingerprint density at radius 3 is 2.42 bits per heavy atom. The minimum absolute atomic E-state index is 0.0359. The first-order valence-corrected chi connectivity index (χ1v) is 12.8. The topological polar surface area (TPSA) is 176 Å². The van der Waals surface area contributed by atoms with Crippen molar-refractivity contribution in [2.24, 2.45) is 0 Å². The van der Waals surface area contributed by atoms with Crippen molar-refractivity contribution in [3.63, 3.8) is 0 Å². The van der Waals surface area contributed by atoms with Crippen LogP contribution in [0, 0.1) is 0 Å². The molecular weight excluding hydrogens is 472 g/mol. The molecule has 0 amide bonds. The summed E-state index contributed by atoms with van der Waals surface area (Å²) in [5.74, 6) is -2.69. The number of carboxylic acid groups (broad SMARTS) is 2. The van der Waals surface area contributed by atoms with E-state index in [1.807, 2.05) is 13.0 Å². The Labute approximate surface area is 211 Å². The smallest absolute Gasteiger partial charge is 0.187 e. The molecule has 3 N–H and O–H groups in total. The molecule has 1 aliphatic carbocycles. The quantitative estimate of drug-likeness (QED) is 0.236. The van der Waals surface area contributed by atoms with E-state index in [-0.39, 0.29) is 12.2 Å².